The van der Waals surface area contributed by atoms with E-state index in [-0.39, 0.29) is 12.0 Å². The average molecular weight is 312 g/mol. The van der Waals surface area contributed by atoms with Gasteiger partial charge in [-0.25, -0.2) is 4.79 Å². The first-order valence-corrected chi connectivity index (χ1v) is 10.4. The molecule has 0 heterocycles. The Hall–Kier alpha value is -2.20. The number of hydrogen-bond donors (Lipinski definition) is 1. The van der Waals surface area contributed by atoms with Gasteiger partial charge >= 0.3 is 5.97 Å². The largest absolute Gasteiger partial charge is 0.476 e. The lowest BCUT2D eigenvalue weighted by molar-refractivity contribution is -0.149. The minimum atomic E-state index is -2.04. The first-order chi connectivity index (χ1) is 10.4. The smallest absolute Gasteiger partial charge is 0.372 e. The molecular formula is C18H20O3Si. The fourth-order valence-electron chi connectivity index (χ4n) is 2.82. The number of carboxylic acids is 1. The van der Waals surface area contributed by atoms with Gasteiger partial charge < -0.3 is 5.11 Å². The standard InChI is InChI=1S/C18H20O3Si/c1-22(2,15-11-7-4-8-12-15)17(13-16(19)18(20)21)14-9-5-3-6-10-14/h3-12,17H,13H2,1-2H3,(H,20,21). The van der Waals surface area contributed by atoms with E-state index < -0.39 is 19.8 Å². The summed E-state index contributed by atoms with van der Waals surface area (Å²) in [5.41, 5.74) is 0.984. The van der Waals surface area contributed by atoms with E-state index in [0.717, 1.165) is 5.56 Å². The molecule has 22 heavy (non-hydrogen) atoms. The van der Waals surface area contributed by atoms with Crippen molar-refractivity contribution in [1.29, 1.82) is 0 Å². The summed E-state index contributed by atoms with van der Waals surface area (Å²) in [5, 5.41) is 10.2. The van der Waals surface area contributed by atoms with Crippen LogP contribution in [0.1, 0.15) is 17.5 Å². The normalized spacial score (nSPS) is 12.6. The molecule has 2 aromatic carbocycles. The number of benzene rings is 2. The Balaban J connectivity index is 2.44. The first kappa shape index (κ1) is 16.2. The van der Waals surface area contributed by atoms with E-state index in [1.807, 2.05) is 48.5 Å². The van der Waals surface area contributed by atoms with Crippen LogP contribution in [0.15, 0.2) is 60.7 Å². The predicted octanol–water partition coefficient (Wildman–Crippen LogP) is 2.97. The van der Waals surface area contributed by atoms with Gasteiger partial charge in [-0.05, 0) is 11.1 Å². The van der Waals surface area contributed by atoms with E-state index >= 15 is 0 Å². The van der Waals surface area contributed by atoms with Crippen LogP contribution in [0, 0.1) is 0 Å². The quantitative estimate of drug-likeness (QED) is 0.659. The Morgan fingerprint density at radius 1 is 0.955 bits per heavy atom. The highest BCUT2D eigenvalue weighted by atomic mass is 28.3. The van der Waals surface area contributed by atoms with Crippen LogP contribution >= 0.6 is 0 Å². The minimum Gasteiger partial charge on any atom is -0.476 e. The van der Waals surface area contributed by atoms with Crippen LogP contribution in [0.2, 0.25) is 13.1 Å². The summed E-state index contributed by atoms with van der Waals surface area (Å²) in [7, 11) is -2.04. The van der Waals surface area contributed by atoms with Crippen LogP contribution in [0.4, 0.5) is 0 Å². The molecular weight excluding hydrogens is 292 g/mol. The Morgan fingerprint density at radius 2 is 1.45 bits per heavy atom. The van der Waals surface area contributed by atoms with Crippen LogP contribution in [0.25, 0.3) is 0 Å². The molecule has 114 valence electrons. The molecule has 0 aliphatic heterocycles. The second-order valence-corrected chi connectivity index (χ2v) is 10.7. The van der Waals surface area contributed by atoms with Gasteiger partial charge in [0.25, 0.3) is 0 Å². The topological polar surface area (TPSA) is 54.4 Å². The number of carboxylic acid groups (broad SMARTS) is 1. The van der Waals surface area contributed by atoms with Crippen molar-refractivity contribution in [3.05, 3.63) is 66.2 Å². The number of hydrogen-bond acceptors (Lipinski definition) is 2. The van der Waals surface area contributed by atoms with Gasteiger partial charge in [0, 0.05) is 6.42 Å². The molecule has 3 nitrogen and oxygen atoms in total. The van der Waals surface area contributed by atoms with Crippen molar-refractivity contribution in [3.8, 4) is 0 Å². The Morgan fingerprint density at radius 3 is 1.95 bits per heavy atom. The molecule has 0 fully saturated rings. The molecule has 0 aliphatic carbocycles. The zero-order valence-electron chi connectivity index (χ0n) is 12.8. The highest BCUT2D eigenvalue weighted by Crippen LogP contribution is 2.30. The average Bonchev–Trinajstić information content (AvgIpc) is 2.53. The predicted molar refractivity (Wildman–Crippen MR) is 90.0 cm³/mol. The highest BCUT2D eigenvalue weighted by Gasteiger charge is 2.37. The maximum atomic E-state index is 11.8. The third-order valence-corrected chi connectivity index (χ3v) is 8.32. The van der Waals surface area contributed by atoms with Crippen molar-refractivity contribution < 1.29 is 14.7 Å². The second-order valence-electron chi connectivity index (χ2n) is 5.98. The maximum absolute atomic E-state index is 11.8. The second kappa shape index (κ2) is 6.71. The number of aliphatic carboxylic acids is 1. The lowest BCUT2D eigenvalue weighted by Crippen LogP contribution is -2.48. The zero-order valence-corrected chi connectivity index (χ0v) is 13.8. The summed E-state index contributed by atoms with van der Waals surface area (Å²) in [5.74, 6) is -2.07. The van der Waals surface area contributed by atoms with Crippen LogP contribution in [0.5, 0.6) is 0 Å². The van der Waals surface area contributed by atoms with Crippen molar-refractivity contribution >= 4 is 25.0 Å². The summed E-state index contributed by atoms with van der Waals surface area (Å²) in [6, 6.07) is 19.9. The molecule has 2 rings (SSSR count). The molecule has 0 radical (unpaired) electrons. The van der Waals surface area contributed by atoms with Crippen LogP contribution in [0.3, 0.4) is 0 Å². The molecule has 0 spiro atoms. The Labute approximate surface area is 131 Å². The van der Waals surface area contributed by atoms with Crippen LogP contribution < -0.4 is 5.19 Å². The van der Waals surface area contributed by atoms with Gasteiger partial charge in [0.15, 0.2) is 0 Å². The van der Waals surface area contributed by atoms with E-state index in [4.69, 9.17) is 5.11 Å². The Kier molecular flexibility index (Phi) is 4.93. The van der Waals surface area contributed by atoms with E-state index in [1.165, 1.54) is 5.19 Å². The van der Waals surface area contributed by atoms with Crippen molar-refractivity contribution in [2.45, 2.75) is 25.1 Å². The van der Waals surface area contributed by atoms with Crippen molar-refractivity contribution in [2.24, 2.45) is 0 Å². The van der Waals surface area contributed by atoms with Gasteiger partial charge in [-0.3, -0.25) is 4.79 Å². The van der Waals surface area contributed by atoms with E-state index in [2.05, 4.69) is 25.2 Å². The summed E-state index contributed by atoms with van der Waals surface area (Å²) >= 11 is 0. The van der Waals surface area contributed by atoms with Crippen LogP contribution in [-0.4, -0.2) is 24.9 Å². The van der Waals surface area contributed by atoms with Gasteiger partial charge in [-0.1, -0.05) is 78.9 Å². The number of Topliss-reactive ketones (excluding diaryl/α,β-unsaturated/α-hetero) is 1. The molecule has 0 aromatic heterocycles. The van der Waals surface area contributed by atoms with Crippen LogP contribution in [-0.2, 0) is 9.59 Å². The lowest BCUT2D eigenvalue weighted by atomic mass is 10.1. The Bertz CT molecular complexity index is 651. The van der Waals surface area contributed by atoms with Gasteiger partial charge in [0.05, 0.1) is 8.07 Å². The lowest BCUT2D eigenvalue weighted by Gasteiger charge is -2.33. The molecule has 4 heteroatoms. The molecule has 0 saturated carbocycles. The summed E-state index contributed by atoms with van der Waals surface area (Å²) in [6.45, 7) is 4.38. The maximum Gasteiger partial charge on any atom is 0.372 e. The molecule has 0 saturated heterocycles. The fraction of sp³-hybridized carbons (Fsp3) is 0.222. The van der Waals surface area contributed by atoms with Gasteiger partial charge in [0.1, 0.15) is 0 Å². The van der Waals surface area contributed by atoms with Crippen molar-refractivity contribution in [2.75, 3.05) is 0 Å². The van der Waals surface area contributed by atoms with Gasteiger partial charge in [-0.2, -0.15) is 0 Å². The third-order valence-electron chi connectivity index (χ3n) is 4.22. The third kappa shape index (κ3) is 3.51. The monoisotopic (exact) mass is 312 g/mol. The molecule has 1 N–H and O–H groups in total. The van der Waals surface area contributed by atoms with E-state index in [0.29, 0.717) is 0 Å². The summed E-state index contributed by atoms with van der Waals surface area (Å²) < 4.78 is 0. The number of carbonyl (C=O) groups is 2. The molecule has 0 amide bonds. The fourth-order valence-corrected chi connectivity index (χ4v) is 5.99. The highest BCUT2D eigenvalue weighted by molar-refractivity contribution is 6.91. The summed E-state index contributed by atoms with van der Waals surface area (Å²) in [4.78, 5) is 22.8. The SMILES string of the molecule is C[Si](C)(c1ccccc1)C(CC(=O)C(=O)O)c1ccccc1. The number of carbonyl (C=O) groups excluding carboxylic acids is 1. The molecule has 1 unspecified atom stereocenters. The molecule has 2 aromatic rings. The minimum absolute atomic E-state index is 0.0491. The van der Waals surface area contributed by atoms with Crippen molar-refractivity contribution in [1.82, 2.24) is 0 Å². The van der Waals surface area contributed by atoms with Gasteiger partial charge in [0.2, 0.25) is 5.78 Å². The zero-order chi connectivity index (χ0) is 16.2. The summed E-state index contributed by atoms with van der Waals surface area (Å²) in [6.07, 6.45) is 0.0491. The van der Waals surface area contributed by atoms with E-state index in [1.54, 1.807) is 0 Å². The molecule has 0 bridgehead atoms. The first-order valence-electron chi connectivity index (χ1n) is 7.29. The molecule has 0 aliphatic rings. The van der Waals surface area contributed by atoms with E-state index in [9.17, 15) is 9.59 Å². The number of rotatable bonds is 6. The molecule has 1 atom stereocenters. The van der Waals surface area contributed by atoms with Gasteiger partial charge in [-0.15, -0.1) is 0 Å². The number of ketones is 1. The van der Waals surface area contributed by atoms with Crippen molar-refractivity contribution in [3.63, 3.8) is 0 Å².